The summed E-state index contributed by atoms with van der Waals surface area (Å²) >= 11 is 1.51. The van der Waals surface area contributed by atoms with Gasteiger partial charge in [-0.3, -0.25) is 4.79 Å². The lowest BCUT2D eigenvalue weighted by Crippen LogP contribution is -2.30. The van der Waals surface area contributed by atoms with Crippen molar-refractivity contribution in [1.29, 1.82) is 0 Å². The Morgan fingerprint density at radius 1 is 0.857 bits per heavy atom. The van der Waals surface area contributed by atoms with E-state index < -0.39 is 0 Å². The number of carbonyl (C=O) groups excluding carboxylic acids is 2. The summed E-state index contributed by atoms with van der Waals surface area (Å²) in [5.41, 5.74) is 1.40. The zero-order valence-electron chi connectivity index (χ0n) is 15.3. The molecular formula is C22H21N3O2S. The van der Waals surface area contributed by atoms with E-state index in [1.807, 2.05) is 18.2 Å². The number of rotatable bonds is 6. The van der Waals surface area contributed by atoms with Crippen LogP contribution in [0.2, 0.25) is 0 Å². The molecule has 0 spiro atoms. The number of fused-ring (bicyclic) bond motifs is 1. The monoisotopic (exact) mass is 391 g/mol. The van der Waals surface area contributed by atoms with Crippen molar-refractivity contribution < 1.29 is 9.59 Å². The SMILES string of the molecule is O=C(CSc1ccc2ccccc2c1)Nc1ccc(NC(=O)NC2CC2)cc1. The number of benzene rings is 3. The predicted octanol–water partition coefficient (Wildman–Crippen LogP) is 4.85. The number of carbonyl (C=O) groups is 2. The molecule has 0 aromatic heterocycles. The summed E-state index contributed by atoms with van der Waals surface area (Å²) in [6.45, 7) is 0. The van der Waals surface area contributed by atoms with Gasteiger partial charge in [-0.05, 0) is 60.0 Å². The van der Waals surface area contributed by atoms with E-state index in [1.54, 1.807) is 24.3 Å². The molecule has 0 radical (unpaired) electrons. The highest BCUT2D eigenvalue weighted by atomic mass is 32.2. The molecule has 0 atom stereocenters. The van der Waals surface area contributed by atoms with Crippen molar-refractivity contribution in [3.63, 3.8) is 0 Å². The lowest BCUT2D eigenvalue weighted by molar-refractivity contribution is -0.113. The predicted molar refractivity (Wildman–Crippen MR) is 115 cm³/mol. The van der Waals surface area contributed by atoms with Gasteiger partial charge >= 0.3 is 6.03 Å². The Hall–Kier alpha value is -2.99. The summed E-state index contributed by atoms with van der Waals surface area (Å²) in [6.07, 6.45) is 2.10. The molecule has 1 aliphatic carbocycles. The third-order valence-corrected chi connectivity index (χ3v) is 5.42. The van der Waals surface area contributed by atoms with Gasteiger partial charge in [0.15, 0.2) is 0 Å². The van der Waals surface area contributed by atoms with E-state index in [1.165, 1.54) is 22.5 Å². The third kappa shape index (κ3) is 5.04. The second-order valence-corrected chi connectivity index (χ2v) is 7.84. The molecule has 3 amide bonds. The van der Waals surface area contributed by atoms with Crippen molar-refractivity contribution in [3.8, 4) is 0 Å². The quantitative estimate of drug-likeness (QED) is 0.526. The van der Waals surface area contributed by atoms with Crippen LogP contribution < -0.4 is 16.0 Å². The lowest BCUT2D eigenvalue weighted by atomic mass is 10.1. The molecule has 0 unspecified atom stereocenters. The average Bonchev–Trinajstić information content (AvgIpc) is 3.51. The molecule has 0 saturated heterocycles. The van der Waals surface area contributed by atoms with Gasteiger partial charge in [0.2, 0.25) is 5.91 Å². The van der Waals surface area contributed by atoms with Crippen molar-refractivity contribution in [2.75, 3.05) is 16.4 Å². The molecule has 0 bridgehead atoms. The second kappa shape index (κ2) is 8.35. The summed E-state index contributed by atoms with van der Waals surface area (Å²) in [5, 5.41) is 10.9. The van der Waals surface area contributed by atoms with Crippen LogP contribution in [0.4, 0.5) is 16.2 Å². The molecule has 3 N–H and O–H groups in total. The number of nitrogens with one attached hydrogen (secondary N) is 3. The highest BCUT2D eigenvalue weighted by Gasteiger charge is 2.23. The van der Waals surface area contributed by atoms with Gasteiger partial charge in [-0.1, -0.05) is 30.3 Å². The van der Waals surface area contributed by atoms with E-state index in [-0.39, 0.29) is 11.9 Å². The summed E-state index contributed by atoms with van der Waals surface area (Å²) in [4.78, 5) is 25.0. The first-order valence-corrected chi connectivity index (χ1v) is 10.2. The van der Waals surface area contributed by atoms with Crippen molar-refractivity contribution in [2.45, 2.75) is 23.8 Å². The molecule has 5 nitrogen and oxygen atoms in total. The molecule has 0 aliphatic heterocycles. The molecule has 3 aromatic rings. The Bertz CT molecular complexity index is 1000. The Labute approximate surface area is 167 Å². The molecule has 28 heavy (non-hydrogen) atoms. The van der Waals surface area contributed by atoms with Crippen LogP contribution in [0.15, 0.2) is 71.6 Å². The van der Waals surface area contributed by atoms with Crippen molar-refractivity contribution in [2.24, 2.45) is 0 Å². The van der Waals surface area contributed by atoms with Crippen LogP contribution in [0.5, 0.6) is 0 Å². The van der Waals surface area contributed by atoms with Gasteiger partial charge in [0, 0.05) is 22.3 Å². The van der Waals surface area contributed by atoms with E-state index in [4.69, 9.17) is 0 Å². The van der Waals surface area contributed by atoms with Gasteiger partial charge in [-0.15, -0.1) is 11.8 Å². The van der Waals surface area contributed by atoms with Gasteiger partial charge in [-0.2, -0.15) is 0 Å². The van der Waals surface area contributed by atoms with Gasteiger partial charge < -0.3 is 16.0 Å². The van der Waals surface area contributed by atoms with Gasteiger partial charge in [-0.25, -0.2) is 4.79 Å². The maximum absolute atomic E-state index is 12.2. The van der Waals surface area contributed by atoms with Crippen molar-refractivity contribution in [3.05, 3.63) is 66.7 Å². The normalized spacial score (nSPS) is 13.1. The first-order valence-electron chi connectivity index (χ1n) is 9.25. The van der Waals surface area contributed by atoms with Crippen LogP contribution in [0.1, 0.15) is 12.8 Å². The molecule has 1 fully saturated rings. The largest absolute Gasteiger partial charge is 0.335 e. The van der Waals surface area contributed by atoms with Crippen LogP contribution in [-0.2, 0) is 4.79 Å². The molecule has 3 aromatic carbocycles. The minimum Gasteiger partial charge on any atom is -0.335 e. The first kappa shape index (κ1) is 18.4. The number of hydrogen-bond donors (Lipinski definition) is 3. The number of urea groups is 1. The summed E-state index contributed by atoms with van der Waals surface area (Å²) in [5.74, 6) is 0.271. The molecule has 142 valence electrons. The number of thioether (sulfide) groups is 1. The molecule has 0 heterocycles. The van der Waals surface area contributed by atoms with Crippen LogP contribution >= 0.6 is 11.8 Å². The number of hydrogen-bond acceptors (Lipinski definition) is 3. The van der Waals surface area contributed by atoms with Crippen LogP contribution in [0.25, 0.3) is 10.8 Å². The Kier molecular flexibility index (Phi) is 5.48. The number of amides is 3. The maximum atomic E-state index is 12.2. The minimum absolute atomic E-state index is 0.0645. The van der Waals surface area contributed by atoms with Gasteiger partial charge in [0.05, 0.1) is 5.75 Å². The van der Waals surface area contributed by atoms with Crippen LogP contribution in [0, 0.1) is 0 Å². The molecular weight excluding hydrogens is 370 g/mol. The summed E-state index contributed by atoms with van der Waals surface area (Å²) in [7, 11) is 0. The van der Waals surface area contributed by atoms with Crippen LogP contribution in [0.3, 0.4) is 0 Å². The first-order chi connectivity index (χ1) is 13.7. The van der Waals surface area contributed by atoms with Crippen molar-refractivity contribution >= 4 is 45.8 Å². The standard InChI is InChI=1S/C22H21N3O2S/c26-21(14-28-20-12-5-15-3-1-2-4-16(15)13-20)23-17-6-8-18(9-7-17)24-22(27)25-19-10-11-19/h1-9,12-13,19H,10-11,14H2,(H,23,26)(H2,24,25,27). The Morgan fingerprint density at radius 3 is 2.25 bits per heavy atom. The fraction of sp³-hybridized carbons (Fsp3) is 0.182. The highest BCUT2D eigenvalue weighted by Crippen LogP contribution is 2.24. The molecule has 1 aliphatic rings. The summed E-state index contributed by atoms with van der Waals surface area (Å²) < 4.78 is 0. The van der Waals surface area contributed by atoms with Crippen LogP contribution in [-0.4, -0.2) is 23.7 Å². The Balaban J connectivity index is 1.27. The fourth-order valence-corrected chi connectivity index (χ4v) is 3.56. The zero-order valence-corrected chi connectivity index (χ0v) is 16.1. The maximum Gasteiger partial charge on any atom is 0.319 e. The topological polar surface area (TPSA) is 70.2 Å². The van der Waals surface area contributed by atoms with Gasteiger partial charge in [0.25, 0.3) is 0 Å². The third-order valence-electron chi connectivity index (χ3n) is 4.43. The fourth-order valence-electron chi connectivity index (χ4n) is 2.82. The molecule has 4 rings (SSSR count). The van der Waals surface area contributed by atoms with Gasteiger partial charge in [0.1, 0.15) is 0 Å². The second-order valence-electron chi connectivity index (χ2n) is 6.80. The molecule has 1 saturated carbocycles. The lowest BCUT2D eigenvalue weighted by Gasteiger charge is -2.09. The van der Waals surface area contributed by atoms with E-state index in [0.717, 1.165) is 17.7 Å². The minimum atomic E-state index is -0.189. The smallest absolute Gasteiger partial charge is 0.319 e. The van der Waals surface area contributed by atoms with Crippen molar-refractivity contribution in [1.82, 2.24) is 5.32 Å². The summed E-state index contributed by atoms with van der Waals surface area (Å²) in [6, 6.07) is 21.6. The highest BCUT2D eigenvalue weighted by molar-refractivity contribution is 8.00. The molecule has 6 heteroatoms. The Morgan fingerprint density at radius 2 is 1.54 bits per heavy atom. The van der Waals surface area contributed by atoms with E-state index in [9.17, 15) is 9.59 Å². The van der Waals surface area contributed by atoms with E-state index >= 15 is 0 Å². The van der Waals surface area contributed by atoms with E-state index in [2.05, 4.69) is 40.2 Å². The average molecular weight is 391 g/mol. The van der Waals surface area contributed by atoms with E-state index in [0.29, 0.717) is 23.2 Å². The zero-order chi connectivity index (χ0) is 19.3. The number of anilines is 2.